The third-order valence-electron chi connectivity index (χ3n) is 2.61. The van der Waals surface area contributed by atoms with E-state index < -0.39 is 0 Å². The quantitative estimate of drug-likeness (QED) is 0.656. The van der Waals surface area contributed by atoms with Crippen molar-refractivity contribution in [3.63, 3.8) is 0 Å². The molecule has 2 aliphatic rings. The second-order valence-corrected chi connectivity index (χ2v) is 4.61. The fraction of sp³-hybridized carbons (Fsp3) is 0.778. The molecule has 0 aromatic carbocycles. The van der Waals surface area contributed by atoms with Gasteiger partial charge in [0.05, 0.1) is 11.6 Å². The van der Waals surface area contributed by atoms with Crippen LogP contribution in [0.15, 0.2) is 0 Å². The minimum absolute atomic E-state index is 0.0996. The molecule has 2 amide bonds. The number of rotatable bonds is 2. The van der Waals surface area contributed by atoms with Crippen LogP contribution in [0.5, 0.6) is 0 Å². The fourth-order valence-corrected chi connectivity index (χ4v) is 2.67. The molecule has 14 heavy (non-hydrogen) atoms. The average Bonchev–Trinajstić information content (AvgIpc) is 2.77. The Morgan fingerprint density at radius 3 is 2.64 bits per heavy atom. The molecule has 2 heterocycles. The van der Waals surface area contributed by atoms with Crippen LogP contribution in [0.25, 0.3) is 0 Å². The number of thioether (sulfide) groups is 1. The van der Waals surface area contributed by atoms with Crippen molar-refractivity contribution in [1.29, 1.82) is 0 Å². The molecule has 5 heteroatoms. The molecule has 0 radical (unpaired) electrons. The molecule has 0 N–H and O–H groups in total. The minimum Gasteiger partial charge on any atom is -0.341 e. The van der Waals surface area contributed by atoms with E-state index in [1.807, 2.05) is 4.90 Å². The van der Waals surface area contributed by atoms with Crippen LogP contribution in [0.1, 0.15) is 12.8 Å². The van der Waals surface area contributed by atoms with Crippen molar-refractivity contribution in [2.75, 3.05) is 31.3 Å². The van der Waals surface area contributed by atoms with Crippen LogP contribution in [-0.4, -0.2) is 52.9 Å². The van der Waals surface area contributed by atoms with Crippen LogP contribution in [0, 0.1) is 0 Å². The molecular formula is C9H14N2O2S. The topological polar surface area (TPSA) is 40.6 Å². The molecule has 2 rings (SSSR count). The Balaban J connectivity index is 1.84. The van der Waals surface area contributed by atoms with E-state index in [-0.39, 0.29) is 18.4 Å². The predicted octanol–water partition coefficient (Wildman–Crippen LogP) is 0.142. The summed E-state index contributed by atoms with van der Waals surface area (Å²) in [6.45, 7) is 2.02. The van der Waals surface area contributed by atoms with Gasteiger partial charge in [0, 0.05) is 13.1 Å². The summed E-state index contributed by atoms with van der Waals surface area (Å²) in [4.78, 5) is 26.4. The van der Waals surface area contributed by atoms with Crippen LogP contribution in [0.3, 0.4) is 0 Å². The summed E-state index contributed by atoms with van der Waals surface area (Å²) < 4.78 is 0. The highest BCUT2D eigenvalue weighted by molar-refractivity contribution is 8.00. The Kier molecular flexibility index (Phi) is 2.96. The van der Waals surface area contributed by atoms with Gasteiger partial charge in [-0.3, -0.25) is 9.59 Å². The average molecular weight is 214 g/mol. The Hall–Kier alpha value is -0.710. The monoisotopic (exact) mass is 214 g/mol. The Labute approximate surface area is 87.6 Å². The van der Waals surface area contributed by atoms with Gasteiger partial charge >= 0.3 is 0 Å². The van der Waals surface area contributed by atoms with E-state index in [1.54, 1.807) is 16.7 Å². The molecule has 0 atom stereocenters. The zero-order valence-electron chi connectivity index (χ0n) is 8.07. The van der Waals surface area contributed by atoms with E-state index >= 15 is 0 Å². The molecule has 0 unspecified atom stereocenters. The SMILES string of the molecule is O=C(CN1CSCC1=O)N1CCCC1. The van der Waals surface area contributed by atoms with Crippen molar-refractivity contribution in [3.8, 4) is 0 Å². The molecule has 0 bridgehead atoms. The van der Waals surface area contributed by atoms with Crippen LogP contribution in [0.2, 0.25) is 0 Å². The maximum absolute atomic E-state index is 11.7. The van der Waals surface area contributed by atoms with Gasteiger partial charge in [-0.15, -0.1) is 11.8 Å². The van der Waals surface area contributed by atoms with Crippen molar-refractivity contribution in [2.24, 2.45) is 0 Å². The lowest BCUT2D eigenvalue weighted by Gasteiger charge is -2.19. The molecule has 4 nitrogen and oxygen atoms in total. The molecule has 0 aromatic heterocycles. The van der Waals surface area contributed by atoms with Gasteiger partial charge in [-0.1, -0.05) is 0 Å². The predicted molar refractivity (Wildman–Crippen MR) is 54.9 cm³/mol. The summed E-state index contributed by atoms with van der Waals surface area (Å²) in [7, 11) is 0. The molecule has 2 fully saturated rings. The van der Waals surface area contributed by atoms with Crippen molar-refractivity contribution < 1.29 is 9.59 Å². The van der Waals surface area contributed by atoms with E-state index in [9.17, 15) is 9.59 Å². The van der Waals surface area contributed by atoms with Gasteiger partial charge < -0.3 is 9.80 Å². The maximum Gasteiger partial charge on any atom is 0.242 e. The summed E-state index contributed by atoms with van der Waals surface area (Å²) in [5, 5.41) is 0. The van der Waals surface area contributed by atoms with E-state index in [1.165, 1.54) is 0 Å². The minimum atomic E-state index is 0.0996. The van der Waals surface area contributed by atoms with Gasteiger partial charge in [-0.05, 0) is 12.8 Å². The van der Waals surface area contributed by atoms with Crippen LogP contribution < -0.4 is 0 Å². The fourth-order valence-electron chi connectivity index (χ4n) is 1.77. The zero-order chi connectivity index (χ0) is 9.97. The molecule has 78 valence electrons. The Morgan fingerprint density at radius 2 is 2.07 bits per heavy atom. The van der Waals surface area contributed by atoms with Crippen molar-refractivity contribution in [3.05, 3.63) is 0 Å². The van der Waals surface area contributed by atoms with Gasteiger partial charge in [0.25, 0.3) is 0 Å². The van der Waals surface area contributed by atoms with Crippen molar-refractivity contribution in [2.45, 2.75) is 12.8 Å². The number of hydrogen-bond donors (Lipinski definition) is 0. The zero-order valence-corrected chi connectivity index (χ0v) is 8.89. The second kappa shape index (κ2) is 4.21. The molecular weight excluding hydrogens is 200 g/mol. The van der Waals surface area contributed by atoms with Crippen LogP contribution in [-0.2, 0) is 9.59 Å². The first-order valence-electron chi connectivity index (χ1n) is 4.90. The van der Waals surface area contributed by atoms with Crippen LogP contribution >= 0.6 is 11.8 Å². The first kappa shape index (κ1) is 9.83. The smallest absolute Gasteiger partial charge is 0.242 e. The van der Waals surface area contributed by atoms with Crippen LogP contribution in [0.4, 0.5) is 0 Å². The molecule has 2 aliphatic heterocycles. The Morgan fingerprint density at radius 1 is 1.36 bits per heavy atom. The third-order valence-corrected chi connectivity index (χ3v) is 3.56. The van der Waals surface area contributed by atoms with E-state index in [0.717, 1.165) is 25.9 Å². The number of amides is 2. The summed E-state index contributed by atoms with van der Waals surface area (Å²) in [5.74, 6) is 1.42. The lowest BCUT2D eigenvalue weighted by molar-refractivity contribution is -0.137. The van der Waals surface area contributed by atoms with Gasteiger partial charge in [0.1, 0.15) is 6.54 Å². The van der Waals surface area contributed by atoms with Gasteiger partial charge in [-0.2, -0.15) is 0 Å². The van der Waals surface area contributed by atoms with Gasteiger partial charge in [0.15, 0.2) is 0 Å². The highest BCUT2D eigenvalue weighted by atomic mass is 32.2. The summed E-state index contributed by atoms with van der Waals surface area (Å²) in [6.07, 6.45) is 2.21. The number of carbonyl (C=O) groups excluding carboxylic acids is 2. The molecule has 0 aromatic rings. The van der Waals surface area contributed by atoms with Crippen molar-refractivity contribution in [1.82, 2.24) is 9.80 Å². The van der Waals surface area contributed by atoms with Gasteiger partial charge in [-0.25, -0.2) is 0 Å². The van der Waals surface area contributed by atoms with E-state index in [2.05, 4.69) is 0 Å². The maximum atomic E-state index is 11.7. The third kappa shape index (κ3) is 2.03. The highest BCUT2D eigenvalue weighted by Gasteiger charge is 2.26. The van der Waals surface area contributed by atoms with Gasteiger partial charge in [0.2, 0.25) is 11.8 Å². The van der Waals surface area contributed by atoms with Crippen molar-refractivity contribution >= 4 is 23.6 Å². The lowest BCUT2D eigenvalue weighted by Crippen LogP contribution is -2.39. The molecule has 0 aliphatic carbocycles. The van der Waals surface area contributed by atoms with E-state index in [0.29, 0.717) is 11.6 Å². The molecule has 2 saturated heterocycles. The normalized spacial score (nSPS) is 22.1. The number of nitrogens with zero attached hydrogens (tertiary/aromatic N) is 2. The first-order chi connectivity index (χ1) is 6.77. The molecule has 0 spiro atoms. The number of hydrogen-bond acceptors (Lipinski definition) is 3. The second-order valence-electron chi connectivity index (χ2n) is 3.66. The van der Waals surface area contributed by atoms with E-state index in [4.69, 9.17) is 0 Å². The highest BCUT2D eigenvalue weighted by Crippen LogP contribution is 2.15. The lowest BCUT2D eigenvalue weighted by atomic mass is 10.4. The first-order valence-corrected chi connectivity index (χ1v) is 6.06. The molecule has 0 saturated carbocycles. The summed E-state index contributed by atoms with van der Waals surface area (Å²) >= 11 is 1.58. The summed E-state index contributed by atoms with van der Waals surface area (Å²) in [6, 6.07) is 0. The number of carbonyl (C=O) groups is 2. The number of likely N-dealkylation sites (tertiary alicyclic amines) is 1. The largest absolute Gasteiger partial charge is 0.341 e. The Bertz CT molecular complexity index is 251. The summed E-state index contributed by atoms with van der Waals surface area (Å²) in [5.41, 5.74) is 0. The standard InChI is InChI=1S/C9H14N2O2S/c12-8(10-3-1-2-4-10)5-11-7-14-6-9(11)13/h1-7H2.